The van der Waals surface area contributed by atoms with Crippen LogP contribution in [0.5, 0.6) is 11.5 Å². The molecule has 0 aromatic heterocycles. The van der Waals surface area contributed by atoms with Crippen LogP contribution in [0.3, 0.4) is 0 Å². The Morgan fingerprint density at radius 3 is 2.56 bits per heavy atom. The monoisotopic (exact) mass is 364 g/mol. The molecule has 0 aliphatic heterocycles. The van der Waals surface area contributed by atoms with Crippen molar-refractivity contribution in [1.82, 2.24) is 0 Å². The van der Waals surface area contributed by atoms with E-state index < -0.39 is 11.9 Å². The highest BCUT2D eigenvalue weighted by atomic mass is 16.5. The maximum absolute atomic E-state index is 11.8. The van der Waals surface area contributed by atoms with Gasteiger partial charge in [-0.3, -0.25) is 4.79 Å². The van der Waals surface area contributed by atoms with E-state index in [-0.39, 0.29) is 12.5 Å². The van der Waals surface area contributed by atoms with Crippen molar-refractivity contribution in [2.24, 2.45) is 0 Å². The summed E-state index contributed by atoms with van der Waals surface area (Å²) in [5.74, 6) is 5.67. The second-order valence-corrected chi connectivity index (χ2v) is 6.70. The van der Waals surface area contributed by atoms with Crippen LogP contribution in [0, 0.1) is 11.8 Å². The third-order valence-corrected chi connectivity index (χ3v) is 4.80. The van der Waals surface area contributed by atoms with Crippen LogP contribution < -0.4 is 9.47 Å². The molecule has 1 unspecified atom stereocenters. The fourth-order valence-corrected chi connectivity index (χ4v) is 3.31. The van der Waals surface area contributed by atoms with Gasteiger partial charge in [0.05, 0.1) is 19.1 Å². The summed E-state index contributed by atoms with van der Waals surface area (Å²) in [5, 5.41) is 9.69. The summed E-state index contributed by atoms with van der Waals surface area (Å²) in [6.07, 6.45) is 4.80. The first kappa shape index (κ1) is 18.8. The molecular weight excluding hydrogens is 340 g/mol. The Morgan fingerprint density at radius 2 is 1.89 bits per heavy atom. The summed E-state index contributed by atoms with van der Waals surface area (Å²) in [7, 11) is 1.59. The largest absolute Gasteiger partial charge is 0.493 e. The molecule has 1 N–H and O–H groups in total. The van der Waals surface area contributed by atoms with Gasteiger partial charge in [-0.2, -0.15) is 0 Å². The molecular formula is C23H24O4. The highest BCUT2D eigenvalue weighted by Crippen LogP contribution is 2.35. The van der Waals surface area contributed by atoms with Crippen molar-refractivity contribution in [2.75, 3.05) is 7.11 Å². The highest BCUT2D eigenvalue weighted by molar-refractivity contribution is 5.77. The smallest absolute Gasteiger partial charge is 0.311 e. The molecule has 0 saturated heterocycles. The molecule has 1 aliphatic rings. The lowest BCUT2D eigenvalue weighted by molar-refractivity contribution is -0.138. The summed E-state index contributed by atoms with van der Waals surface area (Å²) in [5.41, 5.74) is 1.56. The molecule has 0 heterocycles. The van der Waals surface area contributed by atoms with Gasteiger partial charge >= 0.3 is 5.97 Å². The summed E-state index contributed by atoms with van der Waals surface area (Å²) in [6, 6.07) is 14.9. The molecule has 3 rings (SSSR count). The number of rotatable bonds is 6. The molecule has 1 fully saturated rings. The third kappa shape index (κ3) is 5.04. The van der Waals surface area contributed by atoms with Crippen molar-refractivity contribution in [3.05, 3.63) is 59.7 Å². The zero-order valence-electron chi connectivity index (χ0n) is 15.5. The molecule has 0 spiro atoms. The molecule has 1 aliphatic carbocycles. The molecule has 2 aromatic carbocycles. The van der Waals surface area contributed by atoms with E-state index in [1.165, 1.54) is 12.8 Å². The Morgan fingerprint density at radius 1 is 1.15 bits per heavy atom. The van der Waals surface area contributed by atoms with Crippen LogP contribution in [-0.2, 0) is 4.79 Å². The van der Waals surface area contributed by atoms with Gasteiger partial charge < -0.3 is 14.6 Å². The number of ether oxygens (including phenoxy) is 2. The van der Waals surface area contributed by atoms with Crippen LogP contribution in [0.4, 0.5) is 0 Å². The molecule has 0 amide bonds. The summed E-state index contributed by atoms with van der Waals surface area (Å²) in [6.45, 7) is 0. The van der Waals surface area contributed by atoms with E-state index in [1.807, 2.05) is 30.3 Å². The zero-order valence-corrected chi connectivity index (χ0v) is 15.5. The van der Waals surface area contributed by atoms with Crippen LogP contribution in [0.15, 0.2) is 48.5 Å². The maximum atomic E-state index is 11.8. The van der Waals surface area contributed by atoms with Crippen LogP contribution in [-0.4, -0.2) is 24.3 Å². The van der Waals surface area contributed by atoms with E-state index in [4.69, 9.17) is 9.47 Å². The van der Waals surface area contributed by atoms with Crippen LogP contribution in [0.2, 0.25) is 0 Å². The number of carboxylic acids is 1. The van der Waals surface area contributed by atoms with Gasteiger partial charge in [-0.1, -0.05) is 36.1 Å². The number of benzene rings is 2. The van der Waals surface area contributed by atoms with Crippen LogP contribution in [0.1, 0.15) is 49.1 Å². The van der Waals surface area contributed by atoms with Gasteiger partial charge in [0.1, 0.15) is 0 Å². The predicted octanol–water partition coefficient (Wildman–Crippen LogP) is 4.63. The highest BCUT2D eigenvalue weighted by Gasteiger charge is 2.23. The van der Waals surface area contributed by atoms with E-state index >= 15 is 0 Å². The Kier molecular flexibility index (Phi) is 6.38. The lowest BCUT2D eigenvalue weighted by Gasteiger charge is -2.18. The minimum absolute atomic E-state index is 0.176. The van der Waals surface area contributed by atoms with E-state index in [0.717, 1.165) is 18.4 Å². The van der Waals surface area contributed by atoms with Gasteiger partial charge in [-0.25, -0.2) is 0 Å². The van der Waals surface area contributed by atoms with E-state index in [1.54, 1.807) is 25.3 Å². The van der Waals surface area contributed by atoms with Gasteiger partial charge in [-0.15, -0.1) is 0 Å². The summed E-state index contributed by atoms with van der Waals surface area (Å²) in [4.78, 5) is 11.8. The number of hydrogen-bond donors (Lipinski definition) is 1. The van der Waals surface area contributed by atoms with Gasteiger partial charge in [0.25, 0.3) is 0 Å². The molecule has 0 bridgehead atoms. The summed E-state index contributed by atoms with van der Waals surface area (Å²) >= 11 is 0. The second-order valence-electron chi connectivity index (χ2n) is 6.70. The van der Waals surface area contributed by atoms with Crippen molar-refractivity contribution >= 4 is 5.97 Å². The van der Waals surface area contributed by atoms with Crippen molar-refractivity contribution in [3.63, 3.8) is 0 Å². The number of aliphatic carboxylic acids is 1. The number of methoxy groups -OCH3 is 1. The Labute approximate surface area is 160 Å². The third-order valence-electron chi connectivity index (χ3n) is 4.80. The Hall–Kier alpha value is -2.93. The molecule has 1 saturated carbocycles. The average molecular weight is 364 g/mol. The molecule has 27 heavy (non-hydrogen) atoms. The molecule has 2 aromatic rings. The number of carbonyl (C=O) groups is 1. The second kappa shape index (κ2) is 9.14. The van der Waals surface area contributed by atoms with E-state index in [2.05, 4.69) is 11.8 Å². The topological polar surface area (TPSA) is 55.8 Å². The lowest BCUT2D eigenvalue weighted by Crippen LogP contribution is -2.14. The van der Waals surface area contributed by atoms with Crippen molar-refractivity contribution in [2.45, 2.75) is 44.1 Å². The lowest BCUT2D eigenvalue weighted by atomic mass is 9.95. The minimum Gasteiger partial charge on any atom is -0.493 e. The maximum Gasteiger partial charge on any atom is 0.311 e. The first-order chi connectivity index (χ1) is 13.2. The van der Waals surface area contributed by atoms with E-state index in [9.17, 15) is 9.90 Å². The van der Waals surface area contributed by atoms with Gasteiger partial charge in [0.2, 0.25) is 0 Å². The first-order valence-electron chi connectivity index (χ1n) is 9.28. The molecule has 140 valence electrons. The van der Waals surface area contributed by atoms with Crippen molar-refractivity contribution in [1.29, 1.82) is 0 Å². The van der Waals surface area contributed by atoms with Crippen molar-refractivity contribution in [3.8, 4) is 23.3 Å². The Balaban J connectivity index is 1.80. The number of hydrogen-bond acceptors (Lipinski definition) is 3. The van der Waals surface area contributed by atoms with Crippen LogP contribution >= 0.6 is 0 Å². The van der Waals surface area contributed by atoms with Crippen LogP contribution in [0.25, 0.3) is 0 Å². The zero-order chi connectivity index (χ0) is 19.1. The fraction of sp³-hybridized carbons (Fsp3) is 0.348. The van der Waals surface area contributed by atoms with Crippen molar-refractivity contribution < 1.29 is 19.4 Å². The predicted molar refractivity (Wildman–Crippen MR) is 104 cm³/mol. The average Bonchev–Trinajstić information content (AvgIpc) is 3.19. The summed E-state index contributed by atoms with van der Waals surface area (Å²) < 4.78 is 11.5. The number of carboxylic acid groups (broad SMARTS) is 1. The van der Waals surface area contributed by atoms with Gasteiger partial charge in [0, 0.05) is 12.0 Å². The quantitative estimate of drug-likeness (QED) is 0.760. The van der Waals surface area contributed by atoms with Gasteiger partial charge in [-0.05, 0) is 55.5 Å². The minimum atomic E-state index is -0.894. The molecule has 0 radical (unpaired) electrons. The Bertz CT molecular complexity index is 826. The molecule has 4 heteroatoms. The normalized spacial score (nSPS) is 14.9. The fourth-order valence-electron chi connectivity index (χ4n) is 3.31. The van der Waals surface area contributed by atoms with E-state index in [0.29, 0.717) is 17.1 Å². The van der Waals surface area contributed by atoms with Gasteiger partial charge in [0.15, 0.2) is 11.5 Å². The molecule has 4 nitrogen and oxygen atoms in total. The standard InChI is InChI=1S/C23H24O4/c1-26-21-15-14-18(16-22(21)27-19-11-5-6-12-19)20(23(24)25)13-7-10-17-8-3-2-4-9-17/h2-4,8-9,14-16,19-20H,5-6,11-13H2,1H3,(H,24,25). The SMILES string of the molecule is COc1ccc(C(CC#Cc2ccccc2)C(=O)O)cc1OC1CCCC1. The first-order valence-corrected chi connectivity index (χ1v) is 9.28. The molecule has 1 atom stereocenters.